The molecule has 0 bridgehead atoms. The topological polar surface area (TPSA) is 53.5 Å². The van der Waals surface area contributed by atoms with Crippen LogP contribution in [0.1, 0.15) is 22.4 Å². The quantitative estimate of drug-likeness (QED) is 0.782. The summed E-state index contributed by atoms with van der Waals surface area (Å²) < 4.78 is 38.2. The van der Waals surface area contributed by atoms with Crippen LogP contribution in [0.5, 0.6) is 0 Å². The lowest BCUT2D eigenvalue weighted by Crippen LogP contribution is -2.33. The van der Waals surface area contributed by atoms with Crippen LogP contribution in [-0.4, -0.2) is 28.4 Å². The van der Waals surface area contributed by atoms with Crippen molar-refractivity contribution >= 4 is 17.6 Å². The molecule has 8 heteroatoms. The molecule has 1 aromatic heterocycles. The lowest BCUT2D eigenvalue weighted by molar-refractivity contribution is -0.141. The van der Waals surface area contributed by atoms with E-state index in [1.165, 1.54) is 11.8 Å². The first-order valence-electron chi connectivity index (χ1n) is 7.88. The van der Waals surface area contributed by atoms with E-state index < -0.39 is 23.8 Å². The van der Waals surface area contributed by atoms with Gasteiger partial charge in [0.05, 0.1) is 11.9 Å². The molecule has 3 rings (SSSR count). The SMILES string of the molecule is Cc1ccc(CN2CC(=O)N(c3cnc(C(F)(F)F)cc3C)C2=O)cc1. The lowest BCUT2D eigenvalue weighted by atomic mass is 10.1. The standard InChI is InChI=1S/C18H16F3N3O2/c1-11-3-5-13(6-4-11)9-23-10-16(25)24(17(23)26)14-8-22-15(7-12(14)2)18(19,20)21/h3-8H,9-10H2,1-2H3. The molecule has 0 N–H and O–H groups in total. The number of nitrogens with zero attached hydrogens (tertiary/aromatic N) is 3. The van der Waals surface area contributed by atoms with Crippen molar-refractivity contribution < 1.29 is 22.8 Å². The van der Waals surface area contributed by atoms with E-state index in [-0.39, 0.29) is 24.3 Å². The molecule has 1 aromatic carbocycles. The fourth-order valence-electron chi connectivity index (χ4n) is 2.76. The number of amides is 3. The summed E-state index contributed by atoms with van der Waals surface area (Å²) in [5.74, 6) is -0.494. The molecule has 0 unspecified atom stereocenters. The summed E-state index contributed by atoms with van der Waals surface area (Å²) in [6.07, 6.45) is -3.66. The Kier molecular flexibility index (Phi) is 4.43. The Morgan fingerprint density at radius 2 is 1.77 bits per heavy atom. The minimum atomic E-state index is -4.58. The highest BCUT2D eigenvalue weighted by Gasteiger charge is 2.39. The zero-order valence-electron chi connectivity index (χ0n) is 14.2. The first kappa shape index (κ1) is 17.9. The zero-order valence-corrected chi connectivity index (χ0v) is 14.2. The number of pyridine rings is 1. The number of alkyl halides is 3. The van der Waals surface area contributed by atoms with Crippen LogP contribution in [0, 0.1) is 13.8 Å². The second-order valence-electron chi connectivity index (χ2n) is 6.21. The van der Waals surface area contributed by atoms with Crippen molar-refractivity contribution in [2.45, 2.75) is 26.6 Å². The summed E-state index contributed by atoms with van der Waals surface area (Å²) in [4.78, 5) is 30.5. The molecular weight excluding hydrogens is 347 g/mol. The molecule has 2 heterocycles. The van der Waals surface area contributed by atoms with Crippen molar-refractivity contribution in [1.29, 1.82) is 0 Å². The number of halogens is 3. The summed E-state index contributed by atoms with van der Waals surface area (Å²) in [6, 6.07) is 7.79. The summed E-state index contributed by atoms with van der Waals surface area (Å²) >= 11 is 0. The Labute approximate surface area is 148 Å². The van der Waals surface area contributed by atoms with E-state index in [1.807, 2.05) is 31.2 Å². The van der Waals surface area contributed by atoms with Gasteiger partial charge in [0, 0.05) is 6.54 Å². The summed E-state index contributed by atoms with van der Waals surface area (Å²) in [5, 5.41) is 0. The van der Waals surface area contributed by atoms with Gasteiger partial charge in [0.1, 0.15) is 12.2 Å². The molecular formula is C18H16F3N3O2. The smallest absolute Gasteiger partial charge is 0.310 e. The van der Waals surface area contributed by atoms with Gasteiger partial charge in [-0.1, -0.05) is 29.8 Å². The minimum absolute atomic E-state index is 0.0689. The van der Waals surface area contributed by atoms with E-state index in [0.717, 1.165) is 28.3 Å². The molecule has 0 atom stereocenters. The second kappa shape index (κ2) is 6.44. The number of rotatable bonds is 3. The number of benzene rings is 1. The van der Waals surface area contributed by atoms with Gasteiger partial charge in [-0.15, -0.1) is 0 Å². The highest BCUT2D eigenvalue weighted by molar-refractivity contribution is 6.20. The van der Waals surface area contributed by atoms with Crippen LogP contribution in [0.2, 0.25) is 0 Å². The fraction of sp³-hybridized carbons (Fsp3) is 0.278. The van der Waals surface area contributed by atoms with Crippen LogP contribution in [-0.2, 0) is 17.5 Å². The number of hydrogen-bond donors (Lipinski definition) is 0. The molecule has 0 aliphatic carbocycles. The Bertz CT molecular complexity index is 863. The Balaban J connectivity index is 1.84. The third-order valence-electron chi connectivity index (χ3n) is 4.15. The van der Waals surface area contributed by atoms with Gasteiger partial charge < -0.3 is 4.90 Å². The minimum Gasteiger partial charge on any atom is -0.310 e. The third kappa shape index (κ3) is 3.40. The number of aryl methyl sites for hydroxylation is 2. The second-order valence-corrected chi connectivity index (χ2v) is 6.21. The predicted molar refractivity (Wildman–Crippen MR) is 88.4 cm³/mol. The molecule has 136 valence electrons. The molecule has 1 aliphatic heterocycles. The number of urea groups is 1. The van der Waals surface area contributed by atoms with Crippen LogP contribution in [0.3, 0.4) is 0 Å². The summed E-state index contributed by atoms with van der Waals surface area (Å²) in [5.41, 5.74) is 1.10. The number of carbonyl (C=O) groups excluding carboxylic acids is 2. The maximum atomic E-state index is 12.7. The molecule has 1 aliphatic rings. The molecule has 1 fully saturated rings. The number of anilines is 1. The van der Waals surface area contributed by atoms with Crippen LogP contribution in [0.25, 0.3) is 0 Å². The molecule has 0 radical (unpaired) electrons. The van der Waals surface area contributed by atoms with E-state index in [0.29, 0.717) is 0 Å². The predicted octanol–water partition coefficient (Wildman–Crippen LogP) is 3.69. The van der Waals surface area contributed by atoms with Gasteiger partial charge in [0.15, 0.2) is 0 Å². The van der Waals surface area contributed by atoms with E-state index in [1.54, 1.807) is 0 Å². The maximum absolute atomic E-state index is 12.7. The van der Waals surface area contributed by atoms with E-state index in [4.69, 9.17) is 0 Å². The Morgan fingerprint density at radius 3 is 2.35 bits per heavy atom. The normalized spacial score (nSPS) is 15.1. The number of carbonyl (C=O) groups is 2. The van der Waals surface area contributed by atoms with Gasteiger partial charge in [-0.25, -0.2) is 14.7 Å². The monoisotopic (exact) mass is 363 g/mol. The number of hydrogen-bond acceptors (Lipinski definition) is 3. The number of aromatic nitrogens is 1. The highest BCUT2D eigenvalue weighted by Crippen LogP contribution is 2.32. The lowest BCUT2D eigenvalue weighted by Gasteiger charge is -2.19. The van der Waals surface area contributed by atoms with Crippen molar-refractivity contribution in [3.8, 4) is 0 Å². The Hall–Kier alpha value is -2.90. The molecule has 3 amide bonds. The van der Waals surface area contributed by atoms with Crippen molar-refractivity contribution in [1.82, 2.24) is 9.88 Å². The average Bonchev–Trinajstić information content (AvgIpc) is 2.83. The average molecular weight is 363 g/mol. The van der Waals surface area contributed by atoms with E-state index >= 15 is 0 Å². The first-order valence-corrected chi connectivity index (χ1v) is 7.88. The molecule has 1 saturated heterocycles. The van der Waals surface area contributed by atoms with E-state index in [2.05, 4.69) is 4.98 Å². The molecule has 5 nitrogen and oxygen atoms in total. The van der Waals surface area contributed by atoms with E-state index in [9.17, 15) is 22.8 Å². The van der Waals surface area contributed by atoms with Gasteiger partial charge in [-0.2, -0.15) is 13.2 Å². The fourth-order valence-corrected chi connectivity index (χ4v) is 2.76. The zero-order chi connectivity index (χ0) is 19.1. The molecule has 2 aromatic rings. The van der Waals surface area contributed by atoms with Crippen molar-refractivity contribution in [3.05, 3.63) is 58.9 Å². The van der Waals surface area contributed by atoms with Crippen molar-refractivity contribution in [2.24, 2.45) is 0 Å². The van der Waals surface area contributed by atoms with Gasteiger partial charge in [-0.05, 0) is 31.0 Å². The maximum Gasteiger partial charge on any atom is 0.433 e. The van der Waals surface area contributed by atoms with Gasteiger partial charge in [0.2, 0.25) is 0 Å². The van der Waals surface area contributed by atoms with Gasteiger partial charge in [0.25, 0.3) is 5.91 Å². The van der Waals surface area contributed by atoms with Crippen LogP contribution >= 0.6 is 0 Å². The largest absolute Gasteiger partial charge is 0.433 e. The van der Waals surface area contributed by atoms with Gasteiger partial charge >= 0.3 is 12.2 Å². The highest BCUT2D eigenvalue weighted by atomic mass is 19.4. The van der Waals surface area contributed by atoms with Crippen LogP contribution in [0.4, 0.5) is 23.7 Å². The summed E-state index contributed by atoms with van der Waals surface area (Å²) in [6.45, 7) is 3.47. The molecule has 0 saturated carbocycles. The summed E-state index contributed by atoms with van der Waals surface area (Å²) in [7, 11) is 0. The van der Waals surface area contributed by atoms with Crippen molar-refractivity contribution in [2.75, 3.05) is 11.4 Å². The van der Waals surface area contributed by atoms with Gasteiger partial charge in [-0.3, -0.25) is 4.79 Å². The third-order valence-corrected chi connectivity index (χ3v) is 4.15. The van der Waals surface area contributed by atoms with Crippen molar-refractivity contribution in [3.63, 3.8) is 0 Å². The molecule has 0 spiro atoms. The first-order chi connectivity index (χ1) is 12.2. The van der Waals surface area contributed by atoms with Crippen LogP contribution < -0.4 is 4.90 Å². The molecule has 26 heavy (non-hydrogen) atoms. The van der Waals surface area contributed by atoms with Crippen LogP contribution in [0.15, 0.2) is 36.5 Å². The number of imide groups is 1. The Morgan fingerprint density at radius 1 is 1.12 bits per heavy atom.